The van der Waals surface area contributed by atoms with E-state index in [1.54, 1.807) is 35.5 Å². The number of unbranched alkanes of at least 4 members (excludes halogenated alkanes) is 1. The fourth-order valence-electron chi connectivity index (χ4n) is 2.23. The Balaban J connectivity index is 0. The second kappa shape index (κ2) is 18.4. The van der Waals surface area contributed by atoms with Gasteiger partial charge in [0.05, 0.1) is 6.61 Å². The van der Waals surface area contributed by atoms with Crippen LogP contribution in [0.2, 0.25) is 12.1 Å². The van der Waals surface area contributed by atoms with E-state index in [9.17, 15) is 9.59 Å². The number of rotatable bonds is 17. The van der Waals surface area contributed by atoms with Crippen molar-refractivity contribution in [3.8, 4) is 0 Å². The number of ether oxygens (including phenoxy) is 1. The SMILES string of the molecule is C=CC(=O)O.C=CC(=O)OCCC[Si](OC)(OC)OCCCC[Si](OC)(OC)OC. The summed E-state index contributed by atoms with van der Waals surface area (Å²) in [5, 5.41) is 7.60. The Labute approximate surface area is 181 Å². The molecular formula is C18H36O10Si2. The molecule has 12 heteroatoms. The zero-order chi connectivity index (χ0) is 23.5. The molecule has 1 N–H and O–H groups in total. The van der Waals surface area contributed by atoms with Gasteiger partial charge in [0.25, 0.3) is 0 Å². The number of carbonyl (C=O) groups is 2. The van der Waals surface area contributed by atoms with Crippen LogP contribution in [0.1, 0.15) is 19.3 Å². The minimum Gasteiger partial charge on any atom is -0.478 e. The van der Waals surface area contributed by atoms with Crippen molar-refractivity contribution in [1.82, 2.24) is 0 Å². The highest BCUT2D eigenvalue weighted by Gasteiger charge is 2.39. The molecule has 0 amide bonds. The number of esters is 1. The Morgan fingerprint density at radius 3 is 1.63 bits per heavy atom. The smallest absolute Gasteiger partial charge is 0.478 e. The molecule has 0 aromatic carbocycles. The van der Waals surface area contributed by atoms with Crippen LogP contribution in [0.5, 0.6) is 0 Å². The van der Waals surface area contributed by atoms with E-state index in [0.717, 1.165) is 25.0 Å². The fraction of sp³-hybridized carbons (Fsp3) is 0.667. The Morgan fingerprint density at radius 2 is 1.23 bits per heavy atom. The van der Waals surface area contributed by atoms with E-state index in [2.05, 4.69) is 13.2 Å². The first-order chi connectivity index (χ1) is 14.2. The van der Waals surface area contributed by atoms with E-state index in [4.69, 9.17) is 36.4 Å². The van der Waals surface area contributed by atoms with Crippen LogP contribution in [-0.2, 0) is 40.9 Å². The second-order valence-electron chi connectivity index (χ2n) is 5.71. The predicted octanol–water partition coefficient (Wildman–Crippen LogP) is 2.27. The quantitative estimate of drug-likeness (QED) is 0.147. The number of hydrogen-bond donors (Lipinski definition) is 1. The lowest BCUT2D eigenvalue weighted by atomic mass is 10.4. The molecule has 0 aliphatic heterocycles. The molecule has 0 unspecified atom stereocenters. The first-order valence-corrected chi connectivity index (χ1v) is 13.1. The summed E-state index contributed by atoms with van der Waals surface area (Å²) in [6, 6.07) is 1.28. The van der Waals surface area contributed by atoms with Gasteiger partial charge in [-0.25, -0.2) is 9.59 Å². The fourth-order valence-corrected chi connectivity index (χ4v) is 6.01. The van der Waals surface area contributed by atoms with Crippen LogP contribution in [0.4, 0.5) is 0 Å². The number of carboxylic acid groups (broad SMARTS) is 1. The van der Waals surface area contributed by atoms with Crippen LogP contribution in [0.25, 0.3) is 0 Å². The minimum absolute atomic E-state index is 0.277. The summed E-state index contributed by atoms with van der Waals surface area (Å²) in [4.78, 5) is 20.3. The molecule has 0 atom stereocenters. The maximum atomic E-state index is 11.0. The zero-order valence-corrected chi connectivity index (χ0v) is 20.6. The lowest BCUT2D eigenvalue weighted by Gasteiger charge is -2.27. The first kappa shape index (κ1) is 30.8. The van der Waals surface area contributed by atoms with Crippen molar-refractivity contribution in [2.75, 3.05) is 48.8 Å². The van der Waals surface area contributed by atoms with Gasteiger partial charge in [-0.1, -0.05) is 13.2 Å². The number of aliphatic carboxylic acids is 1. The van der Waals surface area contributed by atoms with Gasteiger partial charge in [-0.3, -0.25) is 0 Å². The van der Waals surface area contributed by atoms with Gasteiger partial charge in [0, 0.05) is 66.4 Å². The summed E-state index contributed by atoms with van der Waals surface area (Å²) in [6.07, 6.45) is 4.21. The predicted molar refractivity (Wildman–Crippen MR) is 115 cm³/mol. The van der Waals surface area contributed by atoms with Crippen molar-refractivity contribution in [2.45, 2.75) is 31.4 Å². The molecular weight excluding hydrogens is 432 g/mol. The second-order valence-corrected chi connectivity index (χ2v) is 11.8. The molecule has 0 spiro atoms. The third-order valence-corrected chi connectivity index (χ3v) is 9.65. The van der Waals surface area contributed by atoms with Crippen LogP contribution >= 0.6 is 0 Å². The van der Waals surface area contributed by atoms with Gasteiger partial charge in [-0.05, 0) is 19.3 Å². The highest BCUT2D eigenvalue weighted by molar-refractivity contribution is 6.61. The maximum Gasteiger partial charge on any atom is 0.500 e. The molecule has 0 bridgehead atoms. The number of carboxylic acids is 1. The lowest BCUT2D eigenvalue weighted by Crippen LogP contribution is -2.44. The van der Waals surface area contributed by atoms with E-state index >= 15 is 0 Å². The van der Waals surface area contributed by atoms with Gasteiger partial charge in [0.2, 0.25) is 0 Å². The molecule has 176 valence electrons. The van der Waals surface area contributed by atoms with Gasteiger partial charge < -0.3 is 36.4 Å². The first-order valence-electron chi connectivity index (χ1n) is 9.28. The Morgan fingerprint density at radius 1 is 0.767 bits per heavy atom. The van der Waals surface area contributed by atoms with Crippen molar-refractivity contribution >= 4 is 29.5 Å². The molecule has 0 aliphatic carbocycles. The summed E-state index contributed by atoms with van der Waals surface area (Å²) in [7, 11) is 2.67. The Hall–Kier alpha value is -1.39. The molecule has 10 nitrogen and oxygen atoms in total. The minimum atomic E-state index is -2.75. The molecule has 0 fully saturated rings. The van der Waals surface area contributed by atoms with E-state index in [1.807, 2.05) is 0 Å². The van der Waals surface area contributed by atoms with Gasteiger partial charge in [0.1, 0.15) is 0 Å². The molecule has 0 rings (SSSR count). The van der Waals surface area contributed by atoms with Gasteiger partial charge in [-0.15, -0.1) is 0 Å². The average molecular weight is 469 g/mol. The van der Waals surface area contributed by atoms with Crippen LogP contribution < -0.4 is 0 Å². The van der Waals surface area contributed by atoms with Crippen molar-refractivity contribution in [3.63, 3.8) is 0 Å². The highest BCUT2D eigenvalue weighted by Crippen LogP contribution is 2.19. The Kier molecular flexibility index (Phi) is 18.9. The van der Waals surface area contributed by atoms with Crippen molar-refractivity contribution < 1.29 is 46.0 Å². The van der Waals surface area contributed by atoms with Crippen LogP contribution in [0.3, 0.4) is 0 Å². The summed E-state index contributed by atoms with van der Waals surface area (Å²) < 4.78 is 38.0. The monoisotopic (exact) mass is 468 g/mol. The van der Waals surface area contributed by atoms with E-state index in [-0.39, 0.29) is 6.61 Å². The standard InChI is InChI=1S/C15H32O8Si2.C3H4O2/c1-7-15(16)22-11-10-14-25(20-5,21-6)23-12-8-9-13-24(17-2,18-3)19-4;1-2-3(4)5/h7H,1,8-14H2,2-6H3;2H,1H2,(H,4,5). The average Bonchev–Trinajstić information content (AvgIpc) is 2.78. The topological polar surface area (TPSA) is 119 Å². The molecule has 0 radical (unpaired) electrons. The summed E-state index contributed by atoms with van der Waals surface area (Å²) in [5.74, 6) is -1.42. The molecule has 0 heterocycles. The molecule has 0 aromatic heterocycles. The van der Waals surface area contributed by atoms with E-state index in [0.29, 0.717) is 25.1 Å². The van der Waals surface area contributed by atoms with E-state index < -0.39 is 29.5 Å². The number of carbonyl (C=O) groups excluding carboxylic acids is 1. The third-order valence-electron chi connectivity index (χ3n) is 3.97. The highest BCUT2D eigenvalue weighted by atomic mass is 28.4. The molecule has 0 aliphatic rings. The normalized spacial score (nSPS) is 11.2. The van der Waals surface area contributed by atoms with Crippen molar-refractivity contribution in [1.29, 1.82) is 0 Å². The lowest BCUT2D eigenvalue weighted by molar-refractivity contribution is -0.137. The van der Waals surface area contributed by atoms with Gasteiger partial charge in [-0.2, -0.15) is 0 Å². The molecule has 0 saturated heterocycles. The van der Waals surface area contributed by atoms with Gasteiger partial charge in [0.15, 0.2) is 0 Å². The summed E-state index contributed by atoms with van der Waals surface area (Å²) in [6.45, 7) is 7.09. The Bertz CT molecular complexity index is 485. The van der Waals surface area contributed by atoms with Crippen molar-refractivity contribution in [2.24, 2.45) is 0 Å². The molecule has 0 aromatic rings. The maximum absolute atomic E-state index is 11.0. The van der Waals surface area contributed by atoms with Gasteiger partial charge >= 0.3 is 29.5 Å². The van der Waals surface area contributed by atoms with Crippen molar-refractivity contribution in [3.05, 3.63) is 25.3 Å². The summed E-state index contributed by atoms with van der Waals surface area (Å²) >= 11 is 0. The van der Waals surface area contributed by atoms with Crippen LogP contribution in [0.15, 0.2) is 25.3 Å². The van der Waals surface area contributed by atoms with Crippen LogP contribution in [0, 0.1) is 0 Å². The largest absolute Gasteiger partial charge is 0.500 e. The van der Waals surface area contributed by atoms with Crippen LogP contribution in [-0.4, -0.2) is 83.4 Å². The zero-order valence-electron chi connectivity index (χ0n) is 18.6. The number of hydrogen-bond acceptors (Lipinski definition) is 9. The summed E-state index contributed by atoms with van der Waals surface area (Å²) in [5.41, 5.74) is 0. The van der Waals surface area contributed by atoms with E-state index in [1.165, 1.54) is 0 Å². The molecule has 0 saturated carbocycles. The third kappa shape index (κ3) is 13.8. The molecule has 30 heavy (non-hydrogen) atoms.